The van der Waals surface area contributed by atoms with Crippen LogP contribution in [0.15, 0.2) is 64.6 Å². The Morgan fingerprint density at radius 3 is 1.82 bits per heavy atom. The van der Waals surface area contributed by atoms with Crippen LogP contribution in [0, 0.1) is 10.1 Å². The van der Waals surface area contributed by atoms with E-state index in [2.05, 4.69) is 9.98 Å². The lowest BCUT2D eigenvalue weighted by molar-refractivity contribution is -0.384. The highest BCUT2D eigenvalue weighted by molar-refractivity contribution is 5.50. The molecule has 0 amide bonds. The molecule has 0 unspecified atom stereocenters. The lowest BCUT2D eigenvalue weighted by Crippen LogP contribution is -2.22. The summed E-state index contributed by atoms with van der Waals surface area (Å²) >= 11 is 0. The van der Waals surface area contributed by atoms with Crippen LogP contribution in [0.4, 0.5) is 5.69 Å². The van der Waals surface area contributed by atoms with Gasteiger partial charge >= 0.3 is 0 Å². The summed E-state index contributed by atoms with van der Waals surface area (Å²) in [5.74, 6) is 0. The van der Waals surface area contributed by atoms with Crippen molar-refractivity contribution in [1.29, 1.82) is 0 Å². The maximum absolute atomic E-state index is 10.8. The Hall–Kier alpha value is -3.40. The number of benzene rings is 2. The minimum Gasteiger partial charge on any atom is -0.258 e. The van der Waals surface area contributed by atoms with E-state index in [0.29, 0.717) is 11.1 Å². The first kappa shape index (κ1) is 15.0. The number of hydrogen-bond acceptors (Lipinski definition) is 6. The van der Waals surface area contributed by atoms with E-state index in [4.69, 9.17) is 0 Å². The van der Waals surface area contributed by atoms with Crippen LogP contribution in [0.3, 0.4) is 0 Å². The normalized spacial score (nSPS) is 12.4. The van der Waals surface area contributed by atoms with Gasteiger partial charge in [-0.1, -0.05) is 30.3 Å². The number of non-ortho nitro benzene ring substituents is 1. The van der Waals surface area contributed by atoms with Gasteiger partial charge in [0.05, 0.1) is 4.92 Å². The number of isocyanates is 2. The molecule has 0 atom stereocenters. The van der Waals surface area contributed by atoms with Crippen molar-refractivity contribution in [3.63, 3.8) is 0 Å². The lowest BCUT2D eigenvalue weighted by atomic mass is 9.92. The number of rotatable bonds is 5. The number of hydrogen-bond donors (Lipinski definition) is 0. The number of nitrogens with zero attached hydrogens (tertiary/aromatic N) is 3. The molecule has 0 N–H and O–H groups in total. The summed E-state index contributed by atoms with van der Waals surface area (Å²) in [6.45, 7) is 0. The summed E-state index contributed by atoms with van der Waals surface area (Å²) in [6.07, 6.45) is 2.79. The Kier molecular flexibility index (Phi) is 4.34. The molecule has 2 aromatic carbocycles. The second-order valence-electron chi connectivity index (χ2n) is 4.25. The van der Waals surface area contributed by atoms with E-state index in [9.17, 15) is 19.7 Å². The van der Waals surface area contributed by atoms with Gasteiger partial charge in [0.2, 0.25) is 17.8 Å². The Labute approximate surface area is 124 Å². The second-order valence-corrected chi connectivity index (χ2v) is 4.25. The fraction of sp³-hybridized carbons (Fsp3) is 0.0667. The first-order valence-corrected chi connectivity index (χ1v) is 6.12. The molecular weight excluding hydrogens is 286 g/mol. The van der Waals surface area contributed by atoms with E-state index in [0.717, 1.165) is 0 Å². The predicted octanol–water partition coefficient (Wildman–Crippen LogP) is 2.47. The summed E-state index contributed by atoms with van der Waals surface area (Å²) in [7, 11) is 0. The zero-order valence-electron chi connectivity index (χ0n) is 11.2. The largest absolute Gasteiger partial charge is 0.269 e. The summed E-state index contributed by atoms with van der Waals surface area (Å²) < 4.78 is 0. The van der Waals surface area contributed by atoms with Gasteiger partial charge in [0, 0.05) is 23.3 Å². The topological polar surface area (TPSA) is 102 Å². The van der Waals surface area contributed by atoms with Gasteiger partial charge in [-0.25, -0.2) is 9.59 Å². The average molecular weight is 295 g/mol. The smallest absolute Gasteiger partial charge is 0.258 e. The zero-order chi connectivity index (χ0) is 16.0. The number of carbonyl (C=O) groups excluding carboxylic acids is 2. The number of aliphatic imine (C=N–C) groups is 2. The van der Waals surface area contributed by atoms with E-state index < -0.39 is 10.6 Å². The van der Waals surface area contributed by atoms with E-state index in [-0.39, 0.29) is 5.69 Å². The van der Waals surface area contributed by atoms with Crippen LogP contribution in [-0.2, 0) is 15.3 Å². The molecule has 7 heteroatoms. The second kappa shape index (κ2) is 6.37. The third-order valence-corrected chi connectivity index (χ3v) is 3.07. The Balaban J connectivity index is 2.70. The quantitative estimate of drug-likeness (QED) is 0.366. The van der Waals surface area contributed by atoms with Gasteiger partial charge in [0.1, 0.15) is 0 Å². The van der Waals surface area contributed by atoms with E-state index >= 15 is 0 Å². The van der Waals surface area contributed by atoms with Gasteiger partial charge < -0.3 is 0 Å². The molecule has 0 bridgehead atoms. The van der Waals surface area contributed by atoms with Crippen molar-refractivity contribution in [2.45, 2.75) is 5.66 Å². The maximum Gasteiger partial charge on any atom is 0.269 e. The third-order valence-electron chi connectivity index (χ3n) is 3.07. The predicted molar refractivity (Wildman–Crippen MR) is 76.6 cm³/mol. The van der Waals surface area contributed by atoms with Crippen molar-refractivity contribution in [2.24, 2.45) is 9.98 Å². The van der Waals surface area contributed by atoms with Crippen LogP contribution in [0.25, 0.3) is 0 Å². The minimum absolute atomic E-state index is 0.129. The van der Waals surface area contributed by atoms with E-state index in [1.807, 2.05) is 0 Å². The summed E-state index contributed by atoms with van der Waals surface area (Å²) in [5, 5.41) is 10.7. The van der Waals surface area contributed by atoms with Gasteiger partial charge in [-0.3, -0.25) is 10.1 Å². The molecule has 2 rings (SSSR count). The summed E-state index contributed by atoms with van der Waals surface area (Å²) in [6, 6.07) is 13.6. The lowest BCUT2D eigenvalue weighted by Gasteiger charge is -2.23. The molecule has 7 nitrogen and oxygen atoms in total. The molecule has 0 aliphatic heterocycles. The van der Waals surface area contributed by atoms with Gasteiger partial charge in [-0.15, -0.1) is 0 Å². The number of nitro groups is 1. The third kappa shape index (κ3) is 2.71. The van der Waals surface area contributed by atoms with Crippen molar-refractivity contribution in [1.82, 2.24) is 0 Å². The van der Waals surface area contributed by atoms with Crippen molar-refractivity contribution in [3.8, 4) is 0 Å². The molecule has 0 aromatic heterocycles. The van der Waals surface area contributed by atoms with Crippen molar-refractivity contribution in [3.05, 3.63) is 75.8 Å². The van der Waals surface area contributed by atoms with Gasteiger partial charge in [0.15, 0.2) is 0 Å². The van der Waals surface area contributed by atoms with Crippen molar-refractivity contribution >= 4 is 17.8 Å². The molecule has 0 saturated carbocycles. The molecule has 0 aliphatic rings. The Bertz CT molecular complexity index is 756. The molecule has 2 aromatic rings. The van der Waals surface area contributed by atoms with Crippen LogP contribution in [-0.4, -0.2) is 17.1 Å². The zero-order valence-corrected chi connectivity index (χ0v) is 11.2. The molecule has 0 radical (unpaired) electrons. The first-order chi connectivity index (χ1) is 10.6. The van der Waals surface area contributed by atoms with Crippen LogP contribution in [0.5, 0.6) is 0 Å². The fourth-order valence-electron chi connectivity index (χ4n) is 2.07. The van der Waals surface area contributed by atoms with Crippen LogP contribution >= 0.6 is 0 Å². The molecule has 0 heterocycles. The molecule has 108 valence electrons. The molecule has 22 heavy (non-hydrogen) atoms. The minimum atomic E-state index is -1.65. The van der Waals surface area contributed by atoms with Crippen molar-refractivity contribution < 1.29 is 14.5 Å². The van der Waals surface area contributed by atoms with Gasteiger partial charge in [0.25, 0.3) is 5.69 Å². The molecule has 0 aliphatic carbocycles. The van der Waals surface area contributed by atoms with Gasteiger partial charge in [-0.05, 0) is 12.1 Å². The fourth-order valence-corrected chi connectivity index (χ4v) is 2.07. The van der Waals surface area contributed by atoms with E-state index in [1.165, 1.54) is 36.4 Å². The highest BCUT2D eigenvalue weighted by Gasteiger charge is 2.34. The monoisotopic (exact) mass is 295 g/mol. The maximum atomic E-state index is 10.8. The van der Waals surface area contributed by atoms with Gasteiger partial charge in [-0.2, -0.15) is 9.98 Å². The Morgan fingerprint density at radius 2 is 1.36 bits per heavy atom. The van der Waals surface area contributed by atoms with E-state index in [1.54, 1.807) is 30.3 Å². The highest BCUT2D eigenvalue weighted by atomic mass is 16.6. The van der Waals surface area contributed by atoms with Crippen molar-refractivity contribution in [2.75, 3.05) is 0 Å². The highest BCUT2D eigenvalue weighted by Crippen LogP contribution is 2.35. The van der Waals surface area contributed by atoms with Crippen LogP contribution in [0.2, 0.25) is 0 Å². The van der Waals surface area contributed by atoms with Crippen LogP contribution in [0.1, 0.15) is 11.1 Å². The average Bonchev–Trinajstić information content (AvgIpc) is 2.55. The standard InChI is InChI=1S/C15H9N3O4/c19-10-16-15(17-11-20,12-4-2-1-3-5-12)13-6-8-14(9-7-13)18(21)22/h1-9H. The summed E-state index contributed by atoms with van der Waals surface area (Å²) in [4.78, 5) is 39.1. The Morgan fingerprint density at radius 1 is 0.864 bits per heavy atom. The first-order valence-electron chi connectivity index (χ1n) is 6.12. The number of nitro benzene ring substituents is 1. The molecular formula is C15H9N3O4. The van der Waals surface area contributed by atoms with Crippen LogP contribution < -0.4 is 0 Å². The summed E-state index contributed by atoms with van der Waals surface area (Å²) in [5.41, 5.74) is -1.03. The SMILES string of the molecule is O=C=NC(N=C=O)(c1ccccc1)c1ccc([N+](=O)[O-])cc1. The molecule has 0 spiro atoms. The molecule has 0 fully saturated rings. The molecule has 0 saturated heterocycles.